The molecule has 1 aliphatic heterocycles. The molecular weight excluding hydrogens is 280 g/mol. The molecule has 1 fully saturated rings. The summed E-state index contributed by atoms with van der Waals surface area (Å²) >= 11 is 0. The molecule has 1 aliphatic rings. The Kier molecular flexibility index (Phi) is 5.81. The van der Waals surface area contributed by atoms with E-state index in [4.69, 9.17) is 4.74 Å². The zero-order valence-corrected chi connectivity index (χ0v) is 13.3. The van der Waals surface area contributed by atoms with Crippen LogP contribution in [0.1, 0.15) is 32.3 Å². The Morgan fingerprint density at radius 2 is 1.95 bits per heavy atom. The number of aryl methyl sites for hydroxylation is 1. The average molecular weight is 304 g/mol. The highest BCUT2D eigenvalue weighted by molar-refractivity contribution is 5.78. The standard InChI is InChI=1S/C17H24N2O3/c1-3-14-6-4-5-7-16(14)22-12-17(21)19-10-8-15(9-11-19)18-13(2)20/h4-7,15H,3,8-12H2,1-2H3,(H,18,20). The smallest absolute Gasteiger partial charge is 0.260 e. The Hall–Kier alpha value is -2.04. The Morgan fingerprint density at radius 3 is 2.59 bits per heavy atom. The van der Waals surface area contributed by atoms with Crippen LogP contribution in [-0.4, -0.2) is 42.5 Å². The summed E-state index contributed by atoms with van der Waals surface area (Å²) in [4.78, 5) is 25.1. The Balaban J connectivity index is 1.80. The number of rotatable bonds is 5. The van der Waals surface area contributed by atoms with Gasteiger partial charge in [0.15, 0.2) is 6.61 Å². The van der Waals surface area contributed by atoms with E-state index in [1.54, 1.807) is 0 Å². The van der Waals surface area contributed by atoms with Crippen molar-refractivity contribution in [1.29, 1.82) is 0 Å². The van der Waals surface area contributed by atoms with Gasteiger partial charge in [0.05, 0.1) is 0 Å². The molecule has 0 aromatic heterocycles. The van der Waals surface area contributed by atoms with Crippen molar-refractivity contribution in [3.63, 3.8) is 0 Å². The van der Waals surface area contributed by atoms with Crippen molar-refractivity contribution in [3.8, 4) is 5.75 Å². The zero-order chi connectivity index (χ0) is 15.9. The number of benzene rings is 1. The number of ether oxygens (including phenoxy) is 1. The van der Waals surface area contributed by atoms with Crippen LogP contribution in [0.5, 0.6) is 5.75 Å². The molecule has 1 aromatic rings. The summed E-state index contributed by atoms with van der Waals surface area (Å²) in [5, 5.41) is 2.91. The molecular formula is C17H24N2O3. The van der Waals surface area contributed by atoms with Crippen molar-refractivity contribution >= 4 is 11.8 Å². The highest BCUT2D eigenvalue weighted by Crippen LogP contribution is 2.18. The molecule has 1 heterocycles. The van der Waals surface area contributed by atoms with Gasteiger partial charge in [-0.25, -0.2) is 0 Å². The van der Waals surface area contributed by atoms with Gasteiger partial charge in [0.25, 0.3) is 5.91 Å². The van der Waals surface area contributed by atoms with E-state index in [1.165, 1.54) is 6.92 Å². The monoisotopic (exact) mass is 304 g/mol. The van der Waals surface area contributed by atoms with Gasteiger partial charge in [0, 0.05) is 26.1 Å². The maximum Gasteiger partial charge on any atom is 0.260 e. The first kappa shape index (κ1) is 16.3. The summed E-state index contributed by atoms with van der Waals surface area (Å²) < 4.78 is 5.67. The summed E-state index contributed by atoms with van der Waals surface area (Å²) in [5.74, 6) is 0.781. The van der Waals surface area contributed by atoms with E-state index in [2.05, 4.69) is 12.2 Å². The second kappa shape index (κ2) is 7.82. The first-order valence-electron chi connectivity index (χ1n) is 7.85. The van der Waals surface area contributed by atoms with Gasteiger partial charge in [0.2, 0.25) is 5.91 Å². The number of hydrogen-bond acceptors (Lipinski definition) is 3. The third-order valence-electron chi connectivity index (χ3n) is 3.96. The van der Waals surface area contributed by atoms with E-state index in [0.717, 1.165) is 30.6 Å². The Bertz CT molecular complexity index is 522. The second-order valence-corrected chi connectivity index (χ2v) is 5.61. The van der Waals surface area contributed by atoms with Crippen molar-refractivity contribution < 1.29 is 14.3 Å². The van der Waals surface area contributed by atoms with E-state index in [1.807, 2.05) is 29.2 Å². The third kappa shape index (κ3) is 4.48. The van der Waals surface area contributed by atoms with Gasteiger partial charge in [-0.15, -0.1) is 0 Å². The largest absolute Gasteiger partial charge is 0.483 e. The molecule has 2 rings (SSSR count). The predicted octanol–water partition coefficient (Wildman–Crippen LogP) is 1.75. The lowest BCUT2D eigenvalue weighted by Crippen LogP contribution is -2.47. The van der Waals surface area contributed by atoms with Gasteiger partial charge in [-0.05, 0) is 30.9 Å². The minimum Gasteiger partial charge on any atom is -0.483 e. The van der Waals surface area contributed by atoms with Crippen LogP contribution < -0.4 is 10.1 Å². The number of nitrogens with zero attached hydrogens (tertiary/aromatic N) is 1. The molecule has 0 atom stereocenters. The molecule has 5 nitrogen and oxygen atoms in total. The van der Waals surface area contributed by atoms with Gasteiger partial charge in [-0.1, -0.05) is 25.1 Å². The highest BCUT2D eigenvalue weighted by atomic mass is 16.5. The van der Waals surface area contributed by atoms with Crippen molar-refractivity contribution in [2.75, 3.05) is 19.7 Å². The SMILES string of the molecule is CCc1ccccc1OCC(=O)N1CCC(NC(C)=O)CC1. The average Bonchev–Trinajstić information content (AvgIpc) is 2.53. The van der Waals surface area contributed by atoms with E-state index < -0.39 is 0 Å². The van der Waals surface area contributed by atoms with Gasteiger partial charge < -0.3 is 15.0 Å². The highest BCUT2D eigenvalue weighted by Gasteiger charge is 2.23. The van der Waals surface area contributed by atoms with E-state index >= 15 is 0 Å². The number of likely N-dealkylation sites (tertiary alicyclic amines) is 1. The quantitative estimate of drug-likeness (QED) is 0.901. The van der Waals surface area contributed by atoms with E-state index in [0.29, 0.717) is 13.1 Å². The molecule has 120 valence electrons. The van der Waals surface area contributed by atoms with E-state index in [9.17, 15) is 9.59 Å². The fraction of sp³-hybridized carbons (Fsp3) is 0.529. The maximum atomic E-state index is 12.2. The summed E-state index contributed by atoms with van der Waals surface area (Å²) in [7, 11) is 0. The maximum absolute atomic E-state index is 12.2. The summed E-state index contributed by atoms with van der Waals surface area (Å²) in [6.45, 7) is 5.00. The molecule has 0 bridgehead atoms. The molecule has 0 saturated carbocycles. The van der Waals surface area contributed by atoms with Crippen molar-refractivity contribution in [3.05, 3.63) is 29.8 Å². The molecule has 1 saturated heterocycles. The fourth-order valence-corrected chi connectivity index (χ4v) is 2.73. The minimum atomic E-state index is -0.00992. The first-order chi connectivity index (χ1) is 10.6. The number of para-hydroxylation sites is 1. The molecule has 0 aliphatic carbocycles. The van der Waals surface area contributed by atoms with Crippen LogP contribution in [0.25, 0.3) is 0 Å². The van der Waals surface area contributed by atoms with Gasteiger partial charge >= 0.3 is 0 Å². The molecule has 0 spiro atoms. The lowest BCUT2D eigenvalue weighted by atomic mass is 10.1. The summed E-state index contributed by atoms with van der Waals surface area (Å²) in [6.07, 6.45) is 2.49. The van der Waals surface area contributed by atoms with Crippen LogP contribution in [0, 0.1) is 0 Å². The number of carbonyl (C=O) groups is 2. The first-order valence-corrected chi connectivity index (χ1v) is 7.85. The van der Waals surface area contributed by atoms with Crippen LogP contribution in [0.2, 0.25) is 0 Å². The third-order valence-corrected chi connectivity index (χ3v) is 3.96. The number of piperidine rings is 1. The van der Waals surface area contributed by atoms with Crippen LogP contribution in [0.4, 0.5) is 0 Å². The zero-order valence-electron chi connectivity index (χ0n) is 13.3. The number of nitrogens with one attached hydrogen (secondary N) is 1. The lowest BCUT2D eigenvalue weighted by Gasteiger charge is -2.32. The van der Waals surface area contributed by atoms with Crippen molar-refractivity contribution in [2.24, 2.45) is 0 Å². The van der Waals surface area contributed by atoms with E-state index in [-0.39, 0.29) is 24.5 Å². The molecule has 1 aromatic carbocycles. The van der Waals surface area contributed by atoms with Gasteiger partial charge in [0.1, 0.15) is 5.75 Å². The molecule has 0 radical (unpaired) electrons. The lowest BCUT2D eigenvalue weighted by molar-refractivity contribution is -0.134. The predicted molar refractivity (Wildman–Crippen MR) is 84.7 cm³/mol. The van der Waals surface area contributed by atoms with Crippen molar-refractivity contribution in [1.82, 2.24) is 10.2 Å². The van der Waals surface area contributed by atoms with Crippen LogP contribution in [0.3, 0.4) is 0 Å². The van der Waals surface area contributed by atoms with Gasteiger partial charge in [-0.2, -0.15) is 0 Å². The topological polar surface area (TPSA) is 58.6 Å². The fourth-order valence-electron chi connectivity index (χ4n) is 2.73. The second-order valence-electron chi connectivity index (χ2n) is 5.61. The van der Waals surface area contributed by atoms with Crippen LogP contribution in [0.15, 0.2) is 24.3 Å². The van der Waals surface area contributed by atoms with Crippen LogP contribution >= 0.6 is 0 Å². The molecule has 2 amide bonds. The molecule has 0 unspecified atom stereocenters. The summed E-state index contributed by atoms with van der Waals surface area (Å²) in [5.41, 5.74) is 1.11. The molecule has 22 heavy (non-hydrogen) atoms. The summed E-state index contributed by atoms with van der Waals surface area (Å²) in [6, 6.07) is 7.98. The number of hydrogen-bond donors (Lipinski definition) is 1. The van der Waals surface area contributed by atoms with Crippen LogP contribution in [-0.2, 0) is 16.0 Å². The normalized spacial score (nSPS) is 15.5. The molecule has 5 heteroatoms. The van der Waals surface area contributed by atoms with Gasteiger partial charge in [-0.3, -0.25) is 9.59 Å². The number of amides is 2. The Morgan fingerprint density at radius 1 is 1.27 bits per heavy atom. The Labute approximate surface area is 131 Å². The van der Waals surface area contributed by atoms with Crippen molar-refractivity contribution in [2.45, 2.75) is 39.2 Å². The minimum absolute atomic E-state index is 0.00665. The number of carbonyl (C=O) groups excluding carboxylic acids is 2. The molecule has 1 N–H and O–H groups in total.